The summed E-state index contributed by atoms with van der Waals surface area (Å²) < 4.78 is 29.4. The van der Waals surface area contributed by atoms with E-state index in [-0.39, 0.29) is 35.7 Å². The molecule has 0 bridgehead atoms. The SMILES string of the molecule is C=C/C(C)=C/C[C@]1(C)[C@H](C)C[C@H](OC)[C@]23C(=C[C@H](OC(=O)CC)C[C@@H]12)[C@@H](OC(C)=O)O[C@H]3OC(C)=O. The van der Waals surface area contributed by atoms with E-state index < -0.39 is 36.0 Å². The summed E-state index contributed by atoms with van der Waals surface area (Å²) >= 11 is 0. The number of ether oxygens (including phenoxy) is 5. The molecule has 1 aliphatic heterocycles. The monoisotopic (exact) mass is 504 g/mol. The average molecular weight is 505 g/mol. The molecule has 0 aromatic rings. The van der Waals surface area contributed by atoms with Gasteiger partial charge in [0.15, 0.2) is 0 Å². The molecule has 8 nitrogen and oxygen atoms in total. The average Bonchev–Trinajstić information content (AvgIpc) is 3.11. The molecule has 0 aromatic heterocycles. The molecule has 1 saturated heterocycles. The van der Waals surface area contributed by atoms with Crippen LogP contribution in [-0.4, -0.2) is 49.8 Å². The van der Waals surface area contributed by atoms with Gasteiger partial charge in [0, 0.05) is 33.0 Å². The lowest BCUT2D eigenvalue weighted by Crippen LogP contribution is -2.63. The van der Waals surface area contributed by atoms with E-state index >= 15 is 0 Å². The van der Waals surface area contributed by atoms with Gasteiger partial charge in [0.05, 0.1) is 11.5 Å². The van der Waals surface area contributed by atoms with Crippen LogP contribution in [0.1, 0.15) is 67.2 Å². The van der Waals surface area contributed by atoms with Crippen molar-refractivity contribution in [1.82, 2.24) is 0 Å². The maximum atomic E-state index is 12.3. The van der Waals surface area contributed by atoms with Gasteiger partial charge in [0.2, 0.25) is 12.6 Å². The topological polar surface area (TPSA) is 97.4 Å². The van der Waals surface area contributed by atoms with Crippen molar-refractivity contribution in [2.75, 3.05) is 7.11 Å². The number of allylic oxidation sites excluding steroid dienone is 3. The second kappa shape index (κ2) is 10.9. The molecule has 3 aliphatic rings. The van der Waals surface area contributed by atoms with E-state index in [0.29, 0.717) is 18.4 Å². The van der Waals surface area contributed by atoms with Gasteiger partial charge < -0.3 is 18.9 Å². The molecule has 3 rings (SSSR count). The first-order valence-electron chi connectivity index (χ1n) is 12.7. The molecule has 0 unspecified atom stereocenters. The Kier molecular flexibility index (Phi) is 8.51. The molecule has 1 saturated carbocycles. The molecule has 1 heterocycles. The first-order chi connectivity index (χ1) is 16.9. The zero-order chi connectivity index (χ0) is 26.8. The fraction of sp³-hybridized carbons (Fsp3) is 0.679. The van der Waals surface area contributed by atoms with Crippen LogP contribution >= 0.6 is 0 Å². The number of carbonyl (C=O) groups excluding carboxylic acids is 3. The van der Waals surface area contributed by atoms with Crippen LogP contribution < -0.4 is 0 Å². The highest BCUT2D eigenvalue weighted by molar-refractivity contribution is 5.69. The van der Waals surface area contributed by atoms with Gasteiger partial charge in [-0.15, -0.1) is 0 Å². The molecule has 2 aliphatic carbocycles. The lowest BCUT2D eigenvalue weighted by Gasteiger charge is -2.61. The van der Waals surface area contributed by atoms with E-state index in [4.69, 9.17) is 23.7 Å². The van der Waals surface area contributed by atoms with Gasteiger partial charge in [-0.25, -0.2) is 0 Å². The van der Waals surface area contributed by atoms with Gasteiger partial charge >= 0.3 is 17.9 Å². The second-order valence-corrected chi connectivity index (χ2v) is 10.5. The maximum absolute atomic E-state index is 12.3. The zero-order valence-corrected chi connectivity index (χ0v) is 22.5. The number of hydrogen-bond donors (Lipinski definition) is 0. The third-order valence-electron chi connectivity index (χ3n) is 8.41. The van der Waals surface area contributed by atoms with Gasteiger partial charge in [0.1, 0.15) is 6.10 Å². The first-order valence-corrected chi connectivity index (χ1v) is 12.7. The summed E-state index contributed by atoms with van der Waals surface area (Å²) in [6.07, 6.45) is 4.89. The van der Waals surface area contributed by atoms with Crippen molar-refractivity contribution in [3.05, 3.63) is 36.0 Å². The van der Waals surface area contributed by atoms with E-state index in [9.17, 15) is 14.4 Å². The molecule has 200 valence electrons. The minimum Gasteiger partial charge on any atom is -0.458 e. The highest BCUT2D eigenvalue weighted by atomic mass is 16.8. The summed E-state index contributed by atoms with van der Waals surface area (Å²) in [6, 6.07) is 0. The summed E-state index contributed by atoms with van der Waals surface area (Å²) in [5.74, 6) is -1.34. The molecule has 36 heavy (non-hydrogen) atoms. The third kappa shape index (κ3) is 4.90. The molecule has 0 N–H and O–H groups in total. The Morgan fingerprint density at radius 2 is 1.81 bits per heavy atom. The number of esters is 3. The van der Waals surface area contributed by atoms with E-state index in [0.717, 1.165) is 12.0 Å². The van der Waals surface area contributed by atoms with Crippen molar-refractivity contribution in [2.45, 2.75) is 92.0 Å². The Hall–Kier alpha value is -2.45. The molecule has 8 atom stereocenters. The fourth-order valence-corrected chi connectivity index (χ4v) is 6.38. The van der Waals surface area contributed by atoms with E-state index in [1.54, 1.807) is 14.0 Å². The quantitative estimate of drug-likeness (QED) is 0.204. The first kappa shape index (κ1) is 28.1. The fourth-order valence-electron chi connectivity index (χ4n) is 6.38. The Balaban J connectivity index is 2.26. The molecule has 2 fully saturated rings. The molecule has 0 amide bonds. The second-order valence-electron chi connectivity index (χ2n) is 10.5. The van der Waals surface area contributed by atoms with Crippen LogP contribution in [-0.2, 0) is 38.1 Å². The normalized spacial score (nSPS) is 37.8. The van der Waals surface area contributed by atoms with E-state index in [2.05, 4.69) is 26.5 Å². The number of rotatable bonds is 8. The predicted octanol–water partition coefficient (Wildman–Crippen LogP) is 4.63. The minimum absolute atomic E-state index is 0.188. The van der Waals surface area contributed by atoms with Crippen LogP contribution in [0.25, 0.3) is 0 Å². The van der Waals surface area contributed by atoms with Crippen molar-refractivity contribution < 1.29 is 38.1 Å². The summed E-state index contributed by atoms with van der Waals surface area (Å²) in [7, 11) is 1.64. The standard InChI is InChI=1S/C28H40O8/c1-9-16(3)11-12-27(7)17(4)13-23(32-8)28-21(14-20(15-22(27)28)35-24(31)10-2)25(33-18(5)29)36-26(28)34-19(6)30/h9,11,14,17,20,22-23,25-26H,1,10,12-13,15H2,2-8H3/b16-11+/t17-,20+,22+,23+,25+,26-,27-,28+/m1/s1. The largest absolute Gasteiger partial charge is 0.458 e. The Labute approximate surface area is 214 Å². The van der Waals surface area contributed by atoms with Gasteiger partial charge in [-0.05, 0) is 49.5 Å². The Morgan fingerprint density at radius 1 is 1.14 bits per heavy atom. The third-order valence-corrected chi connectivity index (χ3v) is 8.41. The highest BCUT2D eigenvalue weighted by Crippen LogP contribution is 2.67. The van der Waals surface area contributed by atoms with Crippen molar-refractivity contribution in [3.63, 3.8) is 0 Å². The van der Waals surface area contributed by atoms with E-state index in [1.165, 1.54) is 13.8 Å². The van der Waals surface area contributed by atoms with Crippen LogP contribution in [0.5, 0.6) is 0 Å². The molecule has 1 spiro atoms. The highest BCUT2D eigenvalue weighted by Gasteiger charge is 2.71. The zero-order valence-electron chi connectivity index (χ0n) is 22.5. The summed E-state index contributed by atoms with van der Waals surface area (Å²) in [5, 5.41) is 0. The molecular formula is C28H40O8. The Morgan fingerprint density at radius 3 is 2.36 bits per heavy atom. The van der Waals surface area contributed by atoms with Crippen LogP contribution in [0.15, 0.2) is 36.0 Å². The Bertz CT molecular complexity index is 951. The van der Waals surface area contributed by atoms with Gasteiger partial charge in [-0.2, -0.15) is 0 Å². The van der Waals surface area contributed by atoms with Crippen molar-refractivity contribution in [2.24, 2.45) is 22.7 Å². The van der Waals surface area contributed by atoms with Crippen molar-refractivity contribution in [1.29, 1.82) is 0 Å². The molecular weight excluding hydrogens is 464 g/mol. The number of methoxy groups -OCH3 is 1. The lowest BCUT2D eigenvalue weighted by molar-refractivity contribution is -0.257. The van der Waals surface area contributed by atoms with Crippen LogP contribution in [0.2, 0.25) is 0 Å². The predicted molar refractivity (Wildman–Crippen MR) is 132 cm³/mol. The summed E-state index contributed by atoms with van der Waals surface area (Å²) in [6.45, 7) is 14.7. The summed E-state index contributed by atoms with van der Waals surface area (Å²) in [5.41, 5.74) is 0.447. The van der Waals surface area contributed by atoms with Gasteiger partial charge in [-0.3, -0.25) is 19.1 Å². The lowest BCUT2D eigenvalue weighted by atomic mass is 9.45. The number of carbonyl (C=O) groups is 3. The van der Waals surface area contributed by atoms with Crippen LogP contribution in [0.4, 0.5) is 0 Å². The maximum Gasteiger partial charge on any atom is 0.306 e. The van der Waals surface area contributed by atoms with Crippen molar-refractivity contribution in [3.8, 4) is 0 Å². The molecule has 8 heteroatoms. The van der Waals surface area contributed by atoms with E-state index in [1.807, 2.05) is 19.1 Å². The van der Waals surface area contributed by atoms with Crippen LogP contribution in [0.3, 0.4) is 0 Å². The van der Waals surface area contributed by atoms with Crippen LogP contribution in [0, 0.1) is 22.7 Å². The van der Waals surface area contributed by atoms with Gasteiger partial charge in [0.25, 0.3) is 0 Å². The summed E-state index contributed by atoms with van der Waals surface area (Å²) in [4.78, 5) is 36.6. The number of hydrogen-bond acceptors (Lipinski definition) is 8. The molecule has 0 radical (unpaired) electrons. The minimum atomic E-state index is -1.08. The van der Waals surface area contributed by atoms with Gasteiger partial charge in [-0.1, -0.05) is 45.1 Å². The smallest absolute Gasteiger partial charge is 0.306 e. The molecule has 0 aromatic carbocycles. The van der Waals surface area contributed by atoms with Crippen molar-refractivity contribution >= 4 is 17.9 Å².